The molecule has 1 heteroatoms. The van der Waals surface area contributed by atoms with Gasteiger partial charge in [-0.25, -0.2) is 0 Å². The number of nitrogens with one attached hydrogen (secondary N) is 1. The molecule has 1 nitrogen and oxygen atoms in total. The molecule has 1 unspecified atom stereocenters. The van der Waals surface area contributed by atoms with Crippen molar-refractivity contribution >= 4 is 0 Å². The van der Waals surface area contributed by atoms with Crippen LogP contribution in [0.15, 0.2) is 0 Å². The fourth-order valence-corrected chi connectivity index (χ4v) is 2.27. The van der Waals surface area contributed by atoms with Crippen LogP contribution in [0.4, 0.5) is 0 Å². The van der Waals surface area contributed by atoms with Crippen molar-refractivity contribution < 1.29 is 0 Å². The number of hydrogen-bond donors (Lipinski definition) is 1. The van der Waals surface area contributed by atoms with E-state index in [1.807, 2.05) is 0 Å². The van der Waals surface area contributed by atoms with Crippen LogP contribution in [-0.4, -0.2) is 12.6 Å². The maximum atomic E-state index is 3.63. The zero-order valence-corrected chi connectivity index (χ0v) is 11.3. The molecular formula is C14H29N. The summed E-state index contributed by atoms with van der Waals surface area (Å²) in [4.78, 5) is 0. The predicted octanol–water partition coefficient (Wildman–Crippen LogP) is 3.84. The zero-order chi connectivity index (χ0) is 11.5. The Labute approximate surface area is 96.0 Å². The van der Waals surface area contributed by atoms with Crippen LogP contribution in [0, 0.1) is 17.3 Å². The Balaban J connectivity index is 2.38. The Morgan fingerprint density at radius 2 is 1.80 bits per heavy atom. The molecule has 0 aromatic rings. The average molecular weight is 211 g/mol. The van der Waals surface area contributed by atoms with E-state index in [-0.39, 0.29) is 0 Å². The molecule has 1 aliphatic rings. The van der Waals surface area contributed by atoms with Crippen molar-refractivity contribution in [3.63, 3.8) is 0 Å². The highest BCUT2D eigenvalue weighted by atomic mass is 14.9. The molecule has 0 bridgehead atoms. The molecule has 0 aliphatic heterocycles. The Morgan fingerprint density at radius 1 is 1.20 bits per heavy atom. The minimum atomic E-state index is 0.564. The van der Waals surface area contributed by atoms with Gasteiger partial charge in [0.15, 0.2) is 0 Å². The van der Waals surface area contributed by atoms with Crippen LogP contribution in [0.3, 0.4) is 0 Å². The lowest BCUT2D eigenvalue weighted by Gasteiger charge is -2.32. The molecule has 1 aliphatic carbocycles. The lowest BCUT2D eigenvalue weighted by atomic mass is 9.78. The fraction of sp³-hybridized carbons (Fsp3) is 1.00. The summed E-state index contributed by atoms with van der Waals surface area (Å²) in [7, 11) is 0. The van der Waals surface area contributed by atoms with E-state index in [2.05, 4.69) is 39.9 Å². The standard InChI is InChI=1S/C14H29N/c1-11(2)8-9-14(5,13-6-7-13)10-15-12(3)4/h11-13,15H,6-10H2,1-5H3. The lowest BCUT2D eigenvalue weighted by Crippen LogP contribution is -2.37. The quantitative estimate of drug-likeness (QED) is 0.674. The van der Waals surface area contributed by atoms with E-state index in [1.165, 1.54) is 32.2 Å². The topological polar surface area (TPSA) is 12.0 Å². The van der Waals surface area contributed by atoms with E-state index in [1.54, 1.807) is 0 Å². The van der Waals surface area contributed by atoms with Gasteiger partial charge >= 0.3 is 0 Å². The van der Waals surface area contributed by atoms with E-state index >= 15 is 0 Å². The van der Waals surface area contributed by atoms with Crippen LogP contribution in [0.2, 0.25) is 0 Å². The van der Waals surface area contributed by atoms with Gasteiger partial charge in [-0.05, 0) is 36.5 Å². The van der Waals surface area contributed by atoms with Gasteiger partial charge in [-0.15, -0.1) is 0 Å². The largest absolute Gasteiger partial charge is 0.314 e. The molecule has 15 heavy (non-hydrogen) atoms. The third kappa shape index (κ3) is 4.55. The summed E-state index contributed by atoms with van der Waals surface area (Å²) in [5.74, 6) is 1.85. The molecule has 0 saturated heterocycles. The number of hydrogen-bond acceptors (Lipinski definition) is 1. The second kappa shape index (κ2) is 5.34. The molecule has 1 saturated carbocycles. The van der Waals surface area contributed by atoms with Crippen LogP contribution in [0.1, 0.15) is 60.3 Å². The Morgan fingerprint density at radius 3 is 2.20 bits per heavy atom. The predicted molar refractivity (Wildman–Crippen MR) is 68.0 cm³/mol. The normalized spacial score (nSPS) is 21.0. The van der Waals surface area contributed by atoms with E-state index in [9.17, 15) is 0 Å². The van der Waals surface area contributed by atoms with E-state index in [0.717, 1.165) is 11.8 Å². The van der Waals surface area contributed by atoms with Crippen molar-refractivity contribution in [1.82, 2.24) is 5.32 Å². The molecule has 0 aromatic heterocycles. The summed E-state index contributed by atoms with van der Waals surface area (Å²) in [6.07, 6.45) is 5.71. The minimum absolute atomic E-state index is 0.564. The second-order valence-corrected chi connectivity index (χ2v) is 6.40. The van der Waals surface area contributed by atoms with Crippen molar-refractivity contribution in [2.45, 2.75) is 66.3 Å². The smallest absolute Gasteiger partial charge is 0.00106 e. The van der Waals surface area contributed by atoms with Crippen molar-refractivity contribution in [3.8, 4) is 0 Å². The first-order valence-corrected chi connectivity index (χ1v) is 6.67. The maximum absolute atomic E-state index is 3.63. The first kappa shape index (κ1) is 13.0. The molecule has 0 heterocycles. The van der Waals surface area contributed by atoms with Gasteiger partial charge in [0, 0.05) is 12.6 Å². The molecule has 0 aromatic carbocycles. The maximum Gasteiger partial charge on any atom is 0.00106 e. The molecule has 0 radical (unpaired) electrons. The van der Waals surface area contributed by atoms with Gasteiger partial charge in [-0.2, -0.15) is 0 Å². The van der Waals surface area contributed by atoms with Gasteiger partial charge in [-0.1, -0.05) is 41.0 Å². The Kier molecular flexibility index (Phi) is 4.64. The third-order valence-corrected chi connectivity index (χ3v) is 3.77. The zero-order valence-electron chi connectivity index (χ0n) is 11.3. The van der Waals surface area contributed by atoms with Crippen LogP contribution >= 0.6 is 0 Å². The highest BCUT2D eigenvalue weighted by Crippen LogP contribution is 2.48. The second-order valence-electron chi connectivity index (χ2n) is 6.40. The Bertz CT molecular complexity index is 168. The van der Waals surface area contributed by atoms with Crippen molar-refractivity contribution in [1.29, 1.82) is 0 Å². The number of rotatable bonds is 7. The lowest BCUT2D eigenvalue weighted by molar-refractivity contribution is 0.214. The highest BCUT2D eigenvalue weighted by molar-refractivity contribution is 4.92. The van der Waals surface area contributed by atoms with Crippen LogP contribution in [0.5, 0.6) is 0 Å². The monoisotopic (exact) mass is 211 g/mol. The first-order valence-electron chi connectivity index (χ1n) is 6.67. The van der Waals surface area contributed by atoms with Crippen LogP contribution in [0.25, 0.3) is 0 Å². The summed E-state index contributed by atoms with van der Waals surface area (Å²) in [5.41, 5.74) is 0.564. The third-order valence-electron chi connectivity index (χ3n) is 3.77. The molecule has 90 valence electrons. The minimum Gasteiger partial charge on any atom is -0.314 e. The summed E-state index contributed by atoms with van der Waals surface area (Å²) in [6.45, 7) is 12.9. The average Bonchev–Trinajstić information content (AvgIpc) is 2.94. The summed E-state index contributed by atoms with van der Waals surface area (Å²) >= 11 is 0. The van der Waals surface area contributed by atoms with Gasteiger partial charge in [-0.3, -0.25) is 0 Å². The highest BCUT2D eigenvalue weighted by Gasteiger charge is 2.40. The molecule has 1 atom stereocenters. The molecule has 1 fully saturated rings. The molecule has 0 spiro atoms. The van der Waals surface area contributed by atoms with Gasteiger partial charge in [0.1, 0.15) is 0 Å². The van der Waals surface area contributed by atoms with Crippen LogP contribution < -0.4 is 5.32 Å². The first-order chi connectivity index (χ1) is 6.94. The van der Waals surface area contributed by atoms with Crippen molar-refractivity contribution in [2.75, 3.05) is 6.54 Å². The Hall–Kier alpha value is -0.0400. The van der Waals surface area contributed by atoms with Gasteiger partial charge < -0.3 is 5.32 Å². The van der Waals surface area contributed by atoms with Gasteiger partial charge in [0.05, 0.1) is 0 Å². The van der Waals surface area contributed by atoms with Crippen LogP contribution in [-0.2, 0) is 0 Å². The molecular weight excluding hydrogens is 182 g/mol. The van der Waals surface area contributed by atoms with Gasteiger partial charge in [0.25, 0.3) is 0 Å². The van der Waals surface area contributed by atoms with E-state index in [0.29, 0.717) is 11.5 Å². The summed E-state index contributed by atoms with van der Waals surface area (Å²) in [5, 5.41) is 3.63. The van der Waals surface area contributed by atoms with Gasteiger partial charge in [0.2, 0.25) is 0 Å². The molecule has 0 amide bonds. The van der Waals surface area contributed by atoms with Crippen molar-refractivity contribution in [2.24, 2.45) is 17.3 Å². The molecule has 1 rings (SSSR count). The fourth-order valence-electron chi connectivity index (χ4n) is 2.27. The SMILES string of the molecule is CC(C)CCC(C)(CNC(C)C)C1CC1. The molecule has 1 N–H and O–H groups in total. The van der Waals surface area contributed by atoms with Crippen molar-refractivity contribution in [3.05, 3.63) is 0 Å². The summed E-state index contributed by atoms with van der Waals surface area (Å²) < 4.78 is 0. The van der Waals surface area contributed by atoms with E-state index < -0.39 is 0 Å². The summed E-state index contributed by atoms with van der Waals surface area (Å²) in [6, 6.07) is 0.627. The van der Waals surface area contributed by atoms with E-state index in [4.69, 9.17) is 0 Å².